The van der Waals surface area contributed by atoms with E-state index in [9.17, 15) is 4.79 Å². The van der Waals surface area contributed by atoms with E-state index in [-0.39, 0.29) is 6.03 Å². The van der Waals surface area contributed by atoms with Crippen LogP contribution in [0.3, 0.4) is 0 Å². The molecule has 5 heteroatoms. The number of carbonyl (C=O) groups excluding carboxylic acids is 1. The Bertz CT molecular complexity index is 952. The highest BCUT2D eigenvalue weighted by molar-refractivity contribution is 5.91. The highest BCUT2D eigenvalue weighted by Gasteiger charge is 2.05. The van der Waals surface area contributed by atoms with Crippen LogP contribution < -0.4 is 15.6 Å². The summed E-state index contributed by atoms with van der Waals surface area (Å²) in [7, 11) is 0. The summed E-state index contributed by atoms with van der Waals surface area (Å²) in [6.45, 7) is 5.88. The number of hydrogen-bond acceptors (Lipinski definition) is 3. The lowest BCUT2D eigenvalue weighted by molar-refractivity contribution is 0.252. The van der Waals surface area contributed by atoms with E-state index in [0.29, 0.717) is 0 Å². The molecule has 0 aliphatic rings. The first-order valence-electron chi connectivity index (χ1n) is 9.70. The van der Waals surface area contributed by atoms with Crippen molar-refractivity contribution in [2.45, 2.75) is 20.4 Å². The molecule has 29 heavy (non-hydrogen) atoms. The highest BCUT2D eigenvalue weighted by Crippen LogP contribution is 2.17. The van der Waals surface area contributed by atoms with Gasteiger partial charge in [-0.25, -0.2) is 10.2 Å². The average Bonchev–Trinajstić information content (AvgIpc) is 2.75. The maximum Gasteiger partial charge on any atom is 0.339 e. The number of nitrogens with zero attached hydrogens (tertiary/aromatic N) is 2. The van der Waals surface area contributed by atoms with Crippen LogP contribution in [-0.2, 0) is 6.54 Å². The van der Waals surface area contributed by atoms with Crippen LogP contribution in [0.2, 0.25) is 0 Å². The summed E-state index contributed by atoms with van der Waals surface area (Å²) in [5.74, 6) is 0. The molecule has 0 aliphatic heterocycles. The number of carbonyl (C=O) groups is 1. The van der Waals surface area contributed by atoms with Gasteiger partial charge in [-0.2, -0.15) is 5.10 Å². The lowest BCUT2D eigenvalue weighted by Gasteiger charge is -2.23. The molecule has 0 saturated heterocycles. The molecular formula is C24H26N4O. The molecule has 0 aliphatic carbocycles. The van der Waals surface area contributed by atoms with Gasteiger partial charge in [0.05, 0.1) is 6.21 Å². The minimum atomic E-state index is -0.368. The third-order valence-corrected chi connectivity index (χ3v) is 4.63. The Hall–Kier alpha value is -3.60. The summed E-state index contributed by atoms with van der Waals surface area (Å²) in [5.41, 5.74) is 7.61. The molecule has 3 aromatic carbocycles. The van der Waals surface area contributed by atoms with Crippen molar-refractivity contribution in [2.24, 2.45) is 5.10 Å². The Morgan fingerprint density at radius 2 is 1.66 bits per heavy atom. The normalized spacial score (nSPS) is 10.7. The number of para-hydroxylation sites is 1. The van der Waals surface area contributed by atoms with E-state index in [1.54, 1.807) is 6.21 Å². The fourth-order valence-electron chi connectivity index (χ4n) is 2.99. The Labute approximate surface area is 172 Å². The number of nitrogens with one attached hydrogen (secondary N) is 2. The molecule has 5 nitrogen and oxygen atoms in total. The van der Waals surface area contributed by atoms with Crippen molar-refractivity contribution in [1.82, 2.24) is 5.43 Å². The van der Waals surface area contributed by atoms with Crippen molar-refractivity contribution in [1.29, 1.82) is 0 Å². The van der Waals surface area contributed by atoms with E-state index in [1.807, 2.05) is 49.4 Å². The molecule has 0 saturated carbocycles. The number of rotatable bonds is 7. The molecule has 3 rings (SSSR count). The van der Waals surface area contributed by atoms with Crippen molar-refractivity contribution in [3.8, 4) is 0 Å². The van der Waals surface area contributed by atoms with Crippen molar-refractivity contribution in [3.05, 3.63) is 95.6 Å². The van der Waals surface area contributed by atoms with E-state index < -0.39 is 0 Å². The van der Waals surface area contributed by atoms with E-state index in [0.717, 1.165) is 35.6 Å². The SMILES string of the molecule is CCN(Cc1ccccc1)c1ccc(/C=N\NC(=O)Nc2ccccc2C)cc1. The summed E-state index contributed by atoms with van der Waals surface area (Å²) in [4.78, 5) is 14.3. The quantitative estimate of drug-likeness (QED) is 0.434. The summed E-state index contributed by atoms with van der Waals surface area (Å²) < 4.78 is 0. The van der Waals surface area contributed by atoms with Gasteiger partial charge in [-0.15, -0.1) is 0 Å². The van der Waals surface area contributed by atoms with E-state index in [4.69, 9.17) is 0 Å². The van der Waals surface area contributed by atoms with E-state index in [2.05, 4.69) is 64.1 Å². The van der Waals surface area contributed by atoms with Crippen LogP contribution in [-0.4, -0.2) is 18.8 Å². The lowest BCUT2D eigenvalue weighted by Crippen LogP contribution is -2.24. The van der Waals surface area contributed by atoms with Crippen LogP contribution in [0.5, 0.6) is 0 Å². The molecule has 2 amide bonds. The van der Waals surface area contributed by atoms with Gasteiger partial charge in [0.15, 0.2) is 0 Å². The third-order valence-electron chi connectivity index (χ3n) is 4.63. The number of aryl methyl sites for hydroxylation is 1. The van der Waals surface area contributed by atoms with Gasteiger partial charge >= 0.3 is 6.03 Å². The number of hydrogen-bond donors (Lipinski definition) is 2. The molecule has 0 radical (unpaired) electrons. The first-order valence-corrected chi connectivity index (χ1v) is 9.70. The Morgan fingerprint density at radius 1 is 0.966 bits per heavy atom. The van der Waals surface area contributed by atoms with Gasteiger partial charge in [0.25, 0.3) is 0 Å². The van der Waals surface area contributed by atoms with E-state index >= 15 is 0 Å². The van der Waals surface area contributed by atoms with Crippen LogP contribution in [0, 0.1) is 6.92 Å². The number of urea groups is 1. The topological polar surface area (TPSA) is 56.7 Å². The largest absolute Gasteiger partial charge is 0.367 e. The first kappa shape index (κ1) is 20.1. The predicted molar refractivity (Wildman–Crippen MR) is 121 cm³/mol. The maximum absolute atomic E-state index is 12.0. The molecule has 2 N–H and O–H groups in total. The second kappa shape index (κ2) is 10.1. The molecule has 0 aromatic heterocycles. The van der Waals surface area contributed by atoms with Gasteiger partial charge in [-0.3, -0.25) is 0 Å². The second-order valence-electron chi connectivity index (χ2n) is 6.73. The zero-order valence-electron chi connectivity index (χ0n) is 16.8. The molecular weight excluding hydrogens is 360 g/mol. The average molecular weight is 386 g/mol. The van der Waals surface area contributed by atoms with Gasteiger partial charge < -0.3 is 10.2 Å². The minimum absolute atomic E-state index is 0.368. The zero-order valence-corrected chi connectivity index (χ0v) is 16.8. The van der Waals surface area contributed by atoms with Crippen molar-refractivity contribution in [2.75, 3.05) is 16.8 Å². The highest BCUT2D eigenvalue weighted by atomic mass is 16.2. The summed E-state index contributed by atoms with van der Waals surface area (Å²) >= 11 is 0. The van der Waals surface area contributed by atoms with Crippen molar-refractivity contribution in [3.63, 3.8) is 0 Å². The predicted octanol–water partition coefficient (Wildman–Crippen LogP) is 5.18. The van der Waals surface area contributed by atoms with Gasteiger partial charge in [0.2, 0.25) is 0 Å². The van der Waals surface area contributed by atoms with Crippen LogP contribution in [0.1, 0.15) is 23.6 Å². The van der Waals surface area contributed by atoms with E-state index in [1.165, 1.54) is 5.56 Å². The lowest BCUT2D eigenvalue weighted by atomic mass is 10.1. The number of anilines is 2. The number of benzene rings is 3. The first-order chi connectivity index (χ1) is 14.2. The van der Waals surface area contributed by atoms with Crippen LogP contribution in [0.25, 0.3) is 0 Å². The van der Waals surface area contributed by atoms with Gasteiger partial charge in [-0.1, -0.05) is 60.7 Å². The van der Waals surface area contributed by atoms with Crippen LogP contribution in [0.15, 0.2) is 84.0 Å². The maximum atomic E-state index is 12.0. The van der Waals surface area contributed by atoms with Crippen LogP contribution in [0.4, 0.5) is 16.2 Å². The second-order valence-corrected chi connectivity index (χ2v) is 6.73. The van der Waals surface area contributed by atoms with Crippen molar-refractivity contribution >= 4 is 23.6 Å². The number of hydrazone groups is 1. The molecule has 0 unspecified atom stereocenters. The molecule has 0 spiro atoms. The third kappa shape index (κ3) is 5.94. The molecule has 0 fully saturated rings. The molecule has 0 heterocycles. The minimum Gasteiger partial charge on any atom is -0.367 e. The van der Waals surface area contributed by atoms with Gasteiger partial charge in [0.1, 0.15) is 0 Å². The standard InChI is InChI=1S/C24H26N4O/c1-3-28(18-21-10-5-4-6-11-21)22-15-13-20(14-16-22)17-25-27-24(29)26-23-12-8-7-9-19(23)2/h4-17H,3,18H2,1-2H3,(H2,26,27,29)/b25-17-. The Balaban J connectivity index is 1.55. The Kier molecular flexibility index (Phi) is 7.00. The zero-order chi connectivity index (χ0) is 20.5. The van der Waals surface area contributed by atoms with Crippen molar-refractivity contribution < 1.29 is 4.79 Å². The fraction of sp³-hybridized carbons (Fsp3) is 0.167. The summed E-state index contributed by atoms with van der Waals surface area (Å²) in [5, 5.41) is 6.81. The van der Waals surface area contributed by atoms with Gasteiger partial charge in [0, 0.05) is 24.5 Å². The van der Waals surface area contributed by atoms with Gasteiger partial charge in [-0.05, 0) is 48.7 Å². The Morgan fingerprint density at radius 3 is 2.34 bits per heavy atom. The summed E-state index contributed by atoms with van der Waals surface area (Å²) in [6, 6.07) is 25.8. The smallest absolute Gasteiger partial charge is 0.339 e. The molecule has 0 atom stereocenters. The molecule has 148 valence electrons. The monoisotopic (exact) mass is 386 g/mol. The molecule has 0 bridgehead atoms. The summed E-state index contributed by atoms with van der Waals surface area (Å²) in [6.07, 6.45) is 1.63. The molecule has 3 aromatic rings. The fourth-order valence-corrected chi connectivity index (χ4v) is 2.99. The van der Waals surface area contributed by atoms with Crippen LogP contribution >= 0.6 is 0 Å². The number of amides is 2.